The van der Waals surface area contributed by atoms with Gasteiger partial charge in [-0.25, -0.2) is 0 Å². The van der Waals surface area contributed by atoms with Crippen molar-refractivity contribution in [3.8, 4) is 12.1 Å². The maximum atomic E-state index is 13.2. The molecule has 1 aromatic heterocycles. The number of benzene rings is 1. The second-order valence-corrected chi connectivity index (χ2v) is 7.28. The number of carbonyl (C=O) groups excluding carboxylic acids is 1. The summed E-state index contributed by atoms with van der Waals surface area (Å²) in [7, 11) is 0. The Bertz CT molecular complexity index is 1140. The largest absolute Gasteiger partial charge is 0.396 e. The van der Waals surface area contributed by atoms with E-state index in [2.05, 4.69) is 5.32 Å². The molecule has 0 saturated carbocycles. The molecule has 1 amide bonds. The standard InChI is InChI=1S/C21H17F3N4O2/c1-20(30,12-28-7-6-14-8-13(10-25)2-5-18(14)28)19(29)27-16-4-3-15(11-26)17(9-16)21(22,23)24/h2-8,17,30H,9,12H2,1H3,(H,27,29)/t17-,20?/m0/s1. The third kappa shape index (κ3) is 4.22. The smallest absolute Gasteiger partial charge is 0.378 e. The maximum absolute atomic E-state index is 13.2. The van der Waals surface area contributed by atoms with Gasteiger partial charge in [-0.3, -0.25) is 4.79 Å². The highest BCUT2D eigenvalue weighted by atomic mass is 19.4. The highest BCUT2D eigenvalue weighted by molar-refractivity contribution is 5.87. The van der Waals surface area contributed by atoms with Crippen LogP contribution in [0.5, 0.6) is 0 Å². The molecule has 0 saturated heterocycles. The topological polar surface area (TPSA) is 102 Å². The Labute approximate surface area is 170 Å². The molecule has 2 aromatic rings. The highest BCUT2D eigenvalue weighted by Gasteiger charge is 2.44. The fourth-order valence-electron chi connectivity index (χ4n) is 3.30. The SMILES string of the molecule is CC(O)(Cn1ccc2cc(C#N)ccc21)C(=O)NC1=CC=C(C#N)[C@@H](C(F)(F)F)C1. The molecule has 0 spiro atoms. The fraction of sp³-hybridized carbons (Fsp3) is 0.286. The number of rotatable bonds is 4. The maximum Gasteiger partial charge on any atom is 0.396 e. The van der Waals surface area contributed by atoms with Crippen molar-refractivity contribution in [2.75, 3.05) is 0 Å². The molecule has 154 valence electrons. The van der Waals surface area contributed by atoms with Gasteiger partial charge in [0, 0.05) is 34.8 Å². The molecule has 6 nitrogen and oxygen atoms in total. The van der Waals surface area contributed by atoms with E-state index in [1.807, 2.05) is 6.07 Å². The first kappa shape index (κ1) is 21.2. The number of aromatic nitrogens is 1. The average molecular weight is 414 g/mol. The number of alkyl halides is 3. The predicted octanol–water partition coefficient (Wildman–Crippen LogP) is 3.30. The molecule has 9 heteroatoms. The van der Waals surface area contributed by atoms with E-state index in [1.54, 1.807) is 35.0 Å². The summed E-state index contributed by atoms with van der Waals surface area (Å²) in [5.41, 5.74) is -1.22. The van der Waals surface area contributed by atoms with Crippen LogP contribution in [0.3, 0.4) is 0 Å². The Morgan fingerprint density at radius 3 is 2.63 bits per heavy atom. The number of carbonyl (C=O) groups is 1. The number of halogens is 3. The van der Waals surface area contributed by atoms with Gasteiger partial charge in [0.05, 0.1) is 30.2 Å². The summed E-state index contributed by atoms with van der Waals surface area (Å²) in [6.45, 7) is 1.11. The minimum atomic E-state index is -4.62. The van der Waals surface area contributed by atoms with Gasteiger partial charge in [-0.1, -0.05) is 0 Å². The Morgan fingerprint density at radius 1 is 1.27 bits per heavy atom. The third-order valence-corrected chi connectivity index (χ3v) is 4.93. The van der Waals surface area contributed by atoms with Crippen molar-refractivity contribution in [2.24, 2.45) is 5.92 Å². The molecule has 1 aliphatic carbocycles. The minimum Gasteiger partial charge on any atom is -0.378 e. The normalized spacial score (nSPS) is 18.6. The number of nitrogens with one attached hydrogen (secondary N) is 1. The summed E-state index contributed by atoms with van der Waals surface area (Å²) >= 11 is 0. The summed E-state index contributed by atoms with van der Waals surface area (Å²) in [4.78, 5) is 12.6. The number of aliphatic hydroxyl groups is 1. The van der Waals surface area contributed by atoms with E-state index < -0.39 is 35.6 Å². The average Bonchev–Trinajstić information content (AvgIpc) is 3.08. The summed E-state index contributed by atoms with van der Waals surface area (Å²) in [6.07, 6.45) is -1.30. The van der Waals surface area contributed by atoms with E-state index in [-0.39, 0.29) is 12.2 Å². The second kappa shape index (κ2) is 7.69. The quantitative estimate of drug-likeness (QED) is 0.801. The van der Waals surface area contributed by atoms with E-state index in [9.17, 15) is 23.1 Å². The van der Waals surface area contributed by atoms with Crippen LogP contribution in [0, 0.1) is 28.6 Å². The molecule has 0 radical (unpaired) electrons. The predicted molar refractivity (Wildman–Crippen MR) is 101 cm³/mol. The van der Waals surface area contributed by atoms with Crippen LogP contribution in [0.15, 0.2) is 53.9 Å². The molecular formula is C21H17F3N4O2. The lowest BCUT2D eigenvalue weighted by Gasteiger charge is -2.27. The fourth-order valence-corrected chi connectivity index (χ4v) is 3.30. The van der Waals surface area contributed by atoms with Crippen molar-refractivity contribution in [2.45, 2.75) is 31.7 Å². The molecule has 1 unspecified atom stereocenters. The lowest BCUT2D eigenvalue weighted by atomic mass is 9.89. The van der Waals surface area contributed by atoms with Crippen molar-refractivity contribution in [1.29, 1.82) is 10.5 Å². The molecule has 0 fully saturated rings. The van der Waals surface area contributed by atoms with Crippen molar-refractivity contribution in [3.63, 3.8) is 0 Å². The lowest BCUT2D eigenvalue weighted by molar-refractivity contribution is -0.163. The molecule has 1 aromatic carbocycles. The van der Waals surface area contributed by atoms with Crippen LogP contribution in [0.1, 0.15) is 18.9 Å². The Hall–Kier alpha value is -3.56. The molecule has 1 heterocycles. The summed E-state index contributed by atoms with van der Waals surface area (Å²) < 4.78 is 41.1. The van der Waals surface area contributed by atoms with E-state index in [0.29, 0.717) is 11.1 Å². The zero-order valence-corrected chi connectivity index (χ0v) is 15.9. The number of hydrogen-bond donors (Lipinski definition) is 2. The van der Waals surface area contributed by atoms with Gasteiger partial charge in [0.1, 0.15) is 0 Å². The first-order valence-corrected chi connectivity index (χ1v) is 8.95. The van der Waals surface area contributed by atoms with Gasteiger partial charge >= 0.3 is 6.18 Å². The minimum absolute atomic E-state index is 0.0300. The summed E-state index contributed by atoms with van der Waals surface area (Å²) in [6, 6.07) is 10.3. The van der Waals surface area contributed by atoms with Gasteiger partial charge in [0.2, 0.25) is 0 Å². The number of hydrogen-bond acceptors (Lipinski definition) is 4. The number of nitrogens with zero attached hydrogens (tertiary/aromatic N) is 3. The van der Waals surface area contributed by atoms with E-state index in [4.69, 9.17) is 10.5 Å². The number of allylic oxidation sites excluding steroid dienone is 4. The first-order chi connectivity index (χ1) is 14.0. The lowest BCUT2D eigenvalue weighted by Crippen LogP contribution is -2.47. The second-order valence-electron chi connectivity index (χ2n) is 7.28. The van der Waals surface area contributed by atoms with Crippen molar-refractivity contribution in [3.05, 3.63) is 59.4 Å². The van der Waals surface area contributed by atoms with Crippen LogP contribution < -0.4 is 5.32 Å². The van der Waals surface area contributed by atoms with Gasteiger partial charge < -0.3 is 15.0 Å². The highest BCUT2D eigenvalue weighted by Crippen LogP contribution is 2.38. The van der Waals surface area contributed by atoms with Crippen LogP contribution >= 0.6 is 0 Å². The van der Waals surface area contributed by atoms with Gasteiger partial charge in [-0.2, -0.15) is 23.7 Å². The van der Waals surface area contributed by atoms with Crippen LogP contribution in [-0.2, 0) is 11.3 Å². The van der Waals surface area contributed by atoms with Gasteiger partial charge in [0.15, 0.2) is 5.60 Å². The van der Waals surface area contributed by atoms with E-state index in [0.717, 1.165) is 11.5 Å². The van der Waals surface area contributed by atoms with Gasteiger partial charge in [-0.05, 0) is 43.3 Å². The molecule has 3 rings (SSSR count). The van der Waals surface area contributed by atoms with Gasteiger partial charge in [-0.15, -0.1) is 0 Å². The Morgan fingerprint density at radius 2 is 2.00 bits per heavy atom. The Balaban J connectivity index is 1.77. The molecule has 30 heavy (non-hydrogen) atoms. The number of fused-ring (bicyclic) bond motifs is 1. The van der Waals surface area contributed by atoms with Crippen LogP contribution in [0.4, 0.5) is 13.2 Å². The molecule has 2 N–H and O–H groups in total. The monoisotopic (exact) mass is 414 g/mol. The number of nitriles is 2. The molecule has 0 bridgehead atoms. The van der Waals surface area contributed by atoms with Crippen molar-refractivity contribution < 1.29 is 23.1 Å². The summed E-state index contributed by atoms with van der Waals surface area (Å²) in [5, 5.41) is 31.6. The van der Waals surface area contributed by atoms with Crippen LogP contribution in [-0.4, -0.2) is 27.4 Å². The third-order valence-electron chi connectivity index (χ3n) is 4.93. The molecule has 2 atom stereocenters. The Kier molecular flexibility index (Phi) is 5.43. The summed E-state index contributed by atoms with van der Waals surface area (Å²) in [5.74, 6) is -2.87. The molecule has 0 aliphatic heterocycles. The van der Waals surface area contributed by atoms with Crippen molar-refractivity contribution in [1.82, 2.24) is 9.88 Å². The first-order valence-electron chi connectivity index (χ1n) is 8.95. The van der Waals surface area contributed by atoms with E-state index in [1.165, 1.54) is 19.1 Å². The van der Waals surface area contributed by atoms with Gasteiger partial charge in [0.25, 0.3) is 5.91 Å². The van der Waals surface area contributed by atoms with E-state index >= 15 is 0 Å². The zero-order valence-electron chi connectivity index (χ0n) is 15.9. The van der Waals surface area contributed by atoms with Crippen molar-refractivity contribution >= 4 is 16.8 Å². The number of amides is 1. The van der Waals surface area contributed by atoms with Crippen LogP contribution in [0.25, 0.3) is 10.9 Å². The molecule has 1 aliphatic rings. The van der Waals surface area contributed by atoms with Crippen LogP contribution in [0.2, 0.25) is 0 Å². The molecular weight excluding hydrogens is 397 g/mol. The zero-order chi connectivity index (χ0) is 22.1.